The third kappa shape index (κ3) is 8.51. The molecule has 1 saturated heterocycles. The fourth-order valence-electron chi connectivity index (χ4n) is 5.48. The van der Waals surface area contributed by atoms with Crippen LogP contribution in [0.15, 0.2) is 36.4 Å². The van der Waals surface area contributed by atoms with Crippen molar-refractivity contribution in [1.82, 2.24) is 0 Å². The second kappa shape index (κ2) is 18.3. The van der Waals surface area contributed by atoms with Crippen LogP contribution in [-0.4, -0.2) is 129 Å². The Hall–Kier alpha value is -5.85. The van der Waals surface area contributed by atoms with Crippen molar-refractivity contribution in [2.75, 3.05) is 70.6 Å². The summed E-state index contributed by atoms with van der Waals surface area (Å²) in [6.45, 7) is -0.681. The van der Waals surface area contributed by atoms with E-state index >= 15 is 0 Å². The number of carbonyl (C=O) groups excluding carboxylic acids is 3. The molecule has 18 heteroatoms. The van der Waals surface area contributed by atoms with E-state index in [0.29, 0.717) is 0 Å². The normalized spacial score (nSPS) is 19.1. The van der Waals surface area contributed by atoms with E-state index in [-0.39, 0.29) is 68.4 Å². The molecule has 18 nitrogen and oxygen atoms in total. The molecule has 3 aromatic carbocycles. The van der Waals surface area contributed by atoms with Gasteiger partial charge < -0.3 is 71.8 Å². The van der Waals surface area contributed by atoms with Gasteiger partial charge in [-0.1, -0.05) is 0 Å². The van der Waals surface area contributed by atoms with Crippen LogP contribution >= 0.6 is 0 Å². The van der Waals surface area contributed by atoms with Crippen molar-refractivity contribution in [3.63, 3.8) is 0 Å². The average Bonchev–Trinajstić information content (AvgIpc) is 3.20. The number of aliphatic hydroxyl groups is 2. The summed E-state index contributed by atoms with van der Waals surface area (Å²) in [4.78, 5) is 40.2. The van der Waals surface area contributed by atoms with E-state index in [2.05, 4.69) is 0 Å². The number of esters is 3. The molecule has 3 aromatic rings. The van der Waals surface area contributed by atoms with Crippen LogP contribution in [0, 0.1) is 0 Å². The zero-order chi connectivity index (χ0) is 39.7. The molecule has 1 aliphatic rings. The Bertz CT molecular complexity index is 1730. The Morgan fingerprint density at radius 3 is 1.17 bits per heavy atom. The van der Waals surface area contributed by atoms with Crippen LogP contribution in [0.2, 0.25) is 0 Å². The van der Waals surface area contributed by atoms with Crippen LogP contribution < -0.4 is 42.6 Å². The van der Waals surface area contributed by atoms with E-state index in [9.17, 15) is 24.6 Å². The molecule has 0 aromatic heterocycles. The fraction of sp³-hybridized carbons (Fsp3) is 0.417. The molecule has 0 radical (unpaired) electrons. The average molecular weight is 763 g/mol. The number of hydrogen-bond donors (Lipinski definition) is 2. The van der Waals surface area contributed by atoms with Gasteiger partial charge in [0.05, 0.1) is 80.7 Å². The predicted octanol–water partition coefficient (Wildman–Crippen LogP) is 2.45. The summed E-state index contributed by atoms with van der Waals surface area (Å²) >= 11 is 0. The molecule has 0 bridgehead atoms. The van der Waals surface area contributed by atoms with Crippen LogP contribution in [0.3, 0.4) is 0 Å². The molecule has 294 valence electrons. The first kappa shape index (κ1) is 40.9. The van der Waals surface area contributed by atoms with Gasteiger partial charge in [-0.3, -0.25) is 0 Å². The number of aliphatic hydroxyl groups excluding tert-OH is 2. The lowest BCUT2D eigenvalue weighted by atomic mass is 9.98. The van der Waals surface area contributed by atoms with E-state index in [1.165, 1.54) is 100 Å². The van der Waals surface area contributed by atoms with Crippen molar-refractivity contribution >= 4 is 17.9 Å². The van der Waals surface area contributed by atoms with Gasteiger partial charge in [-0.15, -0.1) is 0 Å². The summed E-state index contributed by atoms with van der Waals surface area (Å²) in [5.41, 5.74) is -0.250. The van der Waals surface area contributed by atoms with Gasteiger partial charge in [0, 0.05) is 0 Å². The first-order chi connectivity index (χ1) is 25.9. The molecule has 1 heterocycles. The van der Waals surface area contributed by atoms with Crippen LogP contribution in [0.1, 0.15) is 31.1 Å². The lowest BCUT2D eigenvalue weighted by Crippen LogP contribution is -2.61. The monoisotopic (exact) mass is 762 g/mol. The molecule has 5 atom stereocenters. The highest BCUT2D eigenvalue weighted by molar-refractivity contribution is 5.92. The van der Waals surface area contributed by atoms with Gasteiger partial charge in [-0.2, -0.15) is 0 Å². The van der Waals surface area contributed by atoms with Gasteiger partial charge in [0.2, 0.25) is 23.5 Å². The summed E-state index contributed by atoms with van der Waals surface area (Å²) in [7, 11) is 12.3. The molecule has 54 heavy (non-hydrogen) atoms. The zero-order valence-electron chi connectivity index (χ0n) is 31.0. The molecular weight excluding hydrogens is 720 g/mol. The minimum absolute atomic E-state index is 0.0226. The summed E-state index contributed by atoms with van der Waals surface area (Å²) in [5.74, 6) is -1.58. The van der Waals surface area contributed by atoms with E-state index < -0.39 is 55.2 Å². The van der Waals surface area contributed by atoms with Gasteiger partial charge in [-0.05, 0) is 36.4 Å². The Labute approximate surface area is 310 Å². The third-order valence-electron chi connectivity index (χ3n) is 8.19. The van der Waals surface area contributed by atoms with Crippen LogP contribution in [0.5, 0.6) is 51.7 Å². The second-order valence-electron chi connectivity index (χ2n) is 11.1. The van der Waals surface area contributed by atoms with Crippen LogP contribution in [0.4, 0.5) is 0 Å². The largest absolute Gasteiger partial charge is 0.493 e. The Balaban J connectivity index is 1.66. The molecule has 0 spiro atoms. The zero-order valence-corrected chi connectivity index (χ0v) is 31.0. The highest BCUT2D eigenvalue weighted by atomic mass is 16.7. The highest BCUT2D eigenvalue weighted by Crippen LogP contribution is 2.41. The molecule has 1 aliphatic heterocycles. The maximum atomic E-state index is 13.5. The molecule has 0 saturated carbocycles. The third-order valence-corrected chi connectivity index (χ3v) is 8.19. The van der Waals surface area contributed by atoms with E-state index in [1.54, 1.807) is 0 Å². The molecule has 4 rings (SSSR count). The number of benzene rings is 3. The second-order valence-corrected chi connectivity index (χ2v) is 11.1. The van der Waals surface area contributed by atoms with Crippen molar-refractivity contribution in [1.29, 1.82) is 0 Å². The minimum atomic E-state index is -1.97. The molecule has 0 aliphatic carbocycles. The van der Waals surface area contributed by atoms with Crippen LogP contribution in [-0.2, 0) is 18.9 Å². The van der Waals surface area contributed by atoms with Crippen molar-refractivity contribution in [3.8, 4) is 51.7 Å². The first-order valence-corrected chi connectivity index (χ1v) is 15.9. The van der Waals surface area contributed by atoms with Gasteiger partial charge in [-0.25, -0.2) is 14.4 Å². The number of hydrogen-bond acceptors (Lipinski definition) is 18. The topological polar surface area (TPSA) is 212 Å². The fourth-order valence-corrected chi connectivity index (χ4v) is 5.48. The van der Waals surface area contributed by atoms with Gasteiger partial charge in [0.25, 0.3) is 0 Å². The maximum Gasteiger partial charge on any atom is 0.340 e. The number of carbonyl (C=O) groups is 3. The molecule has 0 amide bonds. The van der Waals surface area contributed by atoms with Crippen molar-refractivity contribution in [3.05, 3.63) is 53.1 Å². The van der Waals surface area contributed by atoms with E-state index in [1.807, 2.05) is 0 Å². The number of ether oxygens (including phenoxy) is 13. The quantitative estimate of drug-likeness (QED) is 0.158. The van der Waals surface area contributed by atoms with Crippen molar-refractivity contribution < 1.29 is 86.2 Å². The molecular formula is C36H42O18. The lowest BCUT2D eigenvalue weighted by Gasteiger charge is -2.41. The van der Waals surface area contributed by atoms with Crippen molar-refractivity contribution in [2.24, 2.45) is 0 Å². The Kier molecular flexibility index (Phi) is 13.8. The summed E-state index contributed by atoms with van der Waals surface area (Å²) in [6.07, 6.45) is -9.04. The van der Waals surface area contributed by atoms with Gasteiger partial charge in [0.1, 0.15) is 18.8 Å². The predicted molar refractivity (Wildman–Crippen MR) is 184 cm³/mol. The number of rotatable bonds is 16. The summed E-state index contributed by atoms with van der Waals surface area (Å²) < 4.78 is 70.1. The van der Waals surface area contributed by atoms with Gasteiger partial charge in [0.15, 0.2) is 46.7 Å². The highest BCUT2D eigenvalue weighted by Gasteiger charge is 2.49. The Morgan fingerprint density at radius 1 is 0.500 bits per heavy atom. The van der Waals surface area contributed by atoms with Crippen molar-refractivity contribution in [2.45, 2.75) is 30.7 Å². The molecule has 1 fully saturated rings. The standard InChI is InChI=1S/C36H42O18/c1-42-20-10-17(11-21(43-2)29(20)48-7)33(39)51-16-26-27(37)32(53-34(40)18-12-22(44-3)30(49-8)23(13-18)45-4)28(38)36(52-26)54-35(41)19-14-24(46-5)31(50-9)25(15-19)47-6/h10-15,26-28,32,36-38H,16H2,1-9H3/t26-,27-,28-,32+,36-/m1/s1. The summed E-state index contributed by atoms with van der Waals surface area (Å²) in [5, 5.41) is 22.8. The maximum absolute atomic E-state index is 13.5. The summed E-state index contributed by atoms with van der Waals surface area (Å²) in [6, 6.07) is 7.87. The smallest absolute Gasteiger partial charge is 0.340 e. The van der Waals surface area contributed by atoms with E-state index in [4.69, 9.17) is 61.6 Å². The first-order valence-electron chi connectivity index (χ1n) is 15.9. The minimum Gasteiger partial charge on any atom is -0.493 e. The molecule has 0 unspecified atom stereocenters. The van der Waals surface area contributed by atoms with Gasteiger partial charge >= 0.3 is 17.9 Å². The lowest BCUT2D eigenvalue weighted by molar-refractivity contribution is -0.284. The number of methoxy groups -OCH3 is 9. The SMILES string of the molecule is COc1cc(C(=O)OC[C@H]2O[C@H](OC(=O)c3cc(OC)c(OC)c(OC)c3)[C@H](O)[C@@H](OC(=O)c3cc(OC)c(OC)c(OC)c3)[C@@H]2O)cc(OC)c1OC. The van der Waals surface area contributed by atoms with Crippen LogP contribution in [0.25, 0.3) is 0 Å². The Morgan fingerprint density at radius 2 is 0.833 bits per heavy atom. The molecule has 2 N–H and O–H groups in total. The van der Waals surface area contributed by atoms with E-state index in [0.717, 1.165) is 0 Å².